The molecule has 148 valence electrons. The molecule has 26 heavy (non-hydrogen) atoms. The first kappa shape index (κ1) is 23.3. The van der Waals surface area contributed by atoms with E-state index in [9.17, 15) is 4.39 Å². The van der Waals surface area contributed by atoms with Gasteiger partial charge in [0.15, 0.2) is 5.96 Å². The minimum atomic E-state index is -0.168. The van der Waals surface area contributed by atoms with Gasteiger partial charge in [-0.2, -0.15) is 11.8 Å². The van der Waals surface area contributed by atoms with Gasteiger partial charge in [0.25, 0.3) is 0 Å². The van der Waals surface area contributed by atoms with Crippen LogP contribution in [0.5, 0.6) is 0 Å². The fourth-order valence-electron chi connectivity index (χ4n) is 3.25. The zero-order valence-electron chi connectivity index (χ0n) is 16.1. The van der Waals surface area contributed by atoms with E-state index in [1.54, 1.807) is 12.1 Å². The molecule has 1 unspecified atom stereocenters. The number of benzene rings is 1. The zero-order chi connectivity index (χ0) is 18.1. The number of halogens is 2. The van der Waals surface area contributed by atoms with Crippen LogP contribution in [0.15, 0.2) is 23.2 Å². The predicted molar refractivity (Wildman–Crippen MR) is 124 cm³/mol. The molecule has 1 aromatic rings. The Balaban J connectivity index is 0.00000338. The Morgan fingerprint density at radius 3 is 2.88 bits per heavy atom. The van der Waals surface area contributed by atoms with E-state index in [-0.39, 0.29) is 29.8 Å². The molecule has 4 nitrogen and oxygen atoms in total. The zero-order valence-corrected chi connectivity index (χ0v) is 19.2. The van der Waals surface area contributed by atoms with Crippen molar-refractivity contribution in [2.24, 2.45) is 4.99 Å². The first-order valence-corrected chi connectivity index (χ1v) is 10.5. The normalized spacial score (nSPS) is 17.6. The first-order valence-electron chi connectivity index (χ1n) is 9.11. The Morgan fingerprint density at radius 2 is 2.19 bits per heavy atom. The third kappa shape index (κ3) is 7.50. The second-order valence-electron chi connectivity index (χ2n) is 6.56. The number of hydrogen-bond acceptors (Lipinski definition) is 3. The van der Waals surface area contributed by atoms with E-state index in [1.165, 1.54) is 12.2 Å². The van der Waals surface area contributed by atoms with Crippen LogP contribution in [-0.2, 0) is 0 Å². The number of guanidine groups is 1. The van der Waals surface area contributed by atoms with Crippen LogP contribution >= 0.6 is 35.7 Å². The van der Waals surface area contributed by atoms with Gasteiger partial charge in [-0.25, -0.2) is 4.39 Å². The largest absolute Gasteiger partial charge is 0.369 e. The van der Waals surface area contributed by atoms with Crippen molar-refractivity contribution in [3.05, 3.63) is 29.6 Å². The quantitative estimate of drug-likeness (QED) is 0.260. The Morgan fingerprint density at radius 1 is 1.38 bits per heavy atom. The fraction of sp³-hybridized carbons (Fsp3) is 0.632. The van der Waals surface area contributed by atoms with Gasteiger partial charge in [0.1, 0.15) is 5.82 Å². The average Bonchev–Trinajstić information content (AvgIpc) is 2.60. The van der Waals surface area contributed by atoms with E-state index in [2.05, 4.69) is 26.8 Å². The third-order valence-corrected chi connectivity index (χ3v) is 5.25. The smallest absolute Gasteiger partial charge is 0.191 e. The maximum Gasteiger partial charge on any atom is 0.191 e. The number of nitrogens with one attached hydrogen (secondary N) is 2. The fourth-order valence-corrected chi connectivity index (χ4v) is 3.75. The molecule has 0 amide bonds. The van der Waals surface area contributed by atoms with Crippen LogP contribution in [0.3, 0.4) is 0 Å². The number of unbranched alkanes of at least 4 members (excludes halogenated alkanes) is 1. The van der Waals surface area contributed by atoms with E-state index in [1.807, 2.05) is 31.8 Å². The highest BCUT2D eigenvalue weighted by atomic mass is 127. The van der Waals surface area contributed by atoms with Gasteiger partial charge in [-0.3, -0.25) is 4.99 Å². The van der Waals surface area contributed by atoms with Crippen LogP contribution in [0.25, 0.3) is 0 Å². The monoisotopic (exact) mass is 494 g/mol. The predicted octanol–water partition coefficient (Wildman–Crippen LogP) is 4.03. The average molecular weight is 494 g/mol. The van der Waals surface area contributed by atoms with E-state index < -0.39 is 0 Å². The van der Waals surface area contributed by atoms with E-state index in [0.29, 0.717) is 6.04 Å². The Hall–Kier alpha value is -0.700. The number of aryl methyl sites for hydroxylation is 1. The lowest BCUT2D eigenvalue weighted by atomic mass is 10.0. The molecule has 1 aliphatic heterocycles. The summed E-state index contributed by atoms with van der Waals surface area (Å²) in [7, 11) is 1.82. The summed E-state index contributed by atoms with van der Waals surface area (Å²) in [5, 5.41) is 6.96. The number of rotatable bonds is 7. The van der Waals surface area contributed by atoms with Crippen molar-refractivity contribution in [3.63, 3.8) is 0 Å². The number of nitrogens with zero attached hydrogens (tertiary/aromatic N) is 2. The summed E-state index contributed by atoms with van der Waals surface area (Å²) in [6.07, 6.45) is 6.79. The van der Waals surface area contributed by atoms with Gasteiger partial charge in [-0.15, -0.1) is 24.0 Å². The minimum Gasteiger partial charge on any atom is -0.369 e. The highest BCUT2D eigenvalue weighted by Crippen LogP contribution is 2.24. The molecule has 1 aliphatic rings. The van der Waals surface area contributed by atoms with Crippen LogP contribution in [-0.4, -0.2) is 50.7 Å². The van der Waals surface area contributed by atoms with Gasteiger partial charge >= 0.3 is 0 Å². The summed E-state index contributed by atoms with van der Waals surface area (Å²) in [5.41, 5.74) is 2.13. The van der Waals surface area contributed by atoms with Crippen molar-refractivity contribution in [2.45, 2.75) is 38.6 Å². The molecular formula is C19H32FIN4S. The third-order valence-electron chi connectivity index (χ3n) is 4.55. The second kappa shape index (κ2) is 12.6. The molecule has 1 heterocycles. The van der Waals surface area contributed by atoms with Gasteiger partial charge in [0.05, 0.1) is 0 Å². The van der Waals surface area contributed by atoms with Gasteiger partial charge < -0.3 is 15.5 Å². The van der Waals surface area contributed by atoms with Gasteiger partial charge in [0, 0.05) is 38.4 Å². The topological polar surface area (TPSA) is 39.7 Å². The maximum absolute atomic E-state index is 13.3. The Kier molecular flexibility index (Phi) is 11.4. The molecule has 1 atom stereocenters. The van der Waals surface area contributed by atoms with E-state index in [4.69, 9.17) is 0 Å². The van der Waals surface area contributed by atoms with E-state index >= 15 is 0 Å². The lowest BCUT2D eigenvalue weighted by molar-refractivity contribution is 0.467. The SMILES string of the molecule is CN=C(NCCCCSC)NC1CCCN(c2ccc(F)cc2C)C1.I. The molecule has 0 radical (unpaired) electrons. The summed E-state index contributed by atoms with van der Waals surface area (Å²) in [5.74, 6) is 1.92. The van der Waals surface area contributed by atoms with Gasteiger partial charge in [-0.05, 0) is 68.4 Å². The minimum absolute atomic E-state index is 0. The molecule has 2 rings (SSSR count). The van der Waals surface area contributed by atoms with Crippen LogP contribution in [0.1, 0.15) is 31.2 Å². The number of piperidine rings is 1. The molecule has 0 bridgehead atoms. The van der Waals surface area contributed by atoms with Crippen LogP contribution < -0.4 is 15.5 Å². The molecular weight excluding hydrogens is 462 g/mol. The van der Waals surface area contributed by atoms with Gasteiger partial charge in [-0.1, -0.05) is 0 Å². The summed E-state index contributed by atoms with van der Waals surface area (Å²) in [6.45, 7) is 4.86. The molecule has 7 heteroatoms. The number of hydrogen-bond donors (Lipinski definition) is 2. The highest BCUT2D eigenvalue weighted by molar-refractivity contribution is 14.0. The van der Waals surface area contributed by atoms with Crippen LogP contribution in [0.2, 0.25) is 0 Å². The molecule has 1 aromatic carbocycles. The summed E-state index contributed by atoms with van der Waals surface area (Å²) in [4.78, 5) is 6.70. The van der Waals surface area contributed by atoms with Crippen molar-refractivity contribution in [2.75, 3.05) is 43.6 Å². The Labute approximate surface area is 178 Å². The first-order chi connectivity index (χ1) is 12.1. The lowest BCUT2D eigenvalue weighted by Gasteiger charge is -2.36. The molecule has 0 saturated carbocycles. The van der Waals surface area contributed by atoms with Crippen LogP contribution in [0, 0.1) is 12.7 Å². The molecule has 0 aliphatic carbocycles. The van der Waals surface area contributed by atoms with Crippen molar-refractivity contribution < 1.29 is 4.39 Å². The van der Waals surface area contributed by atoms with Crippen LogP contribution in [0.4, 0.5) is 10.1 Å². The van der Waals surface area contributed by atoms with Crippen molar-refractivity contribution in [3.8, 4) is 0 Å². The summed E-state index contributed by atoms with van der Waals surface area (Å²) in [6, 6.07) is 5.41. The van der Waals surface area contributed by atoms with Gasteiger partial charge in [0.2, 0.25) is 0 Å². The molecule has 2 N–H and O–H groups in total. The number of aliphatic imine (C=N–C) groups is 1. The molecule has 0 spiro atoms. The number of anilines is 1. The van der Waals surface area contributed by atoms with Crippen molar-refractivity contribution in [1.82, 2.24) is 10.6 Å². The number of thioether (sulfide) groups is 1. The second-order valence-corrected chi connectivity index (χ2v) is 7.54. The maximum atomic E-state index is 13.3. The summed E-state index contributed by atoms with van der Waals surface area (Å²) < 4.78 is 13.3. The van der Waals surface area contributed by atoms with Crippen molar-refractivity contribution >= 4 is 47.4 Å². The Bertz CT molecular complexity index is 570. The molecule has 1 saturated heterocycles. The lowest BCUT2D eigenvalue weighted by Crippen LogP contribution is -2.51. The summed E-state index contributed by atoms with van der Waals surface area (Å²) >= 11 is 1.89. The van der Waals surface area contributed by atoms with Crippen molar-refractivity contribution in [1.29, 1.82) is 0 Å². The van der Waals surface area contributed by atoms with E-state index in [0.717, 1.165) is 56.1 Å². The standard InChI is InChI=1S/C19H31FN4S.HI/c1-15-13-16(20)8-9-18(15)24-11-6-7-17(14-24)23-19(21-2)22-10-4-5-12-25-3;/h8-9,13,17H,4-7,10-12,14H2,1-3H3,(H2,21,22,23);1H. The highest BCUT2D eigenvalue weighted by Gasteiger charge is 2.22. The molecule has 1 fully saturated rings. The molecule has 0 aromatic heterocycles.